The van der Waals surface area contributed by atoms with Crippen LogP contribution in [0.2, 0.25) is 0 Å². The monoisotopic (exact) mass is 350 g/mol. The summed E-state index contributed by atoms with van der Waals surface area (Å²) in [5, 5.41) is 2.91. The van der Waals surface area contributed by atoms with Crippen molar-refractivity contribution < 1.29 is 9.59 Å². The van der Waals surface area contributed by atoms with Crippen LogP contribution < -0.4 is 10.2 Å². The number of anilines is 1. The minimum atomic E-state index is -0.402. The fourth-order valence-corrected chi connectivity index (χ4v) is 3.33. The molecular formula is C22H26N2O2. The van der Waals surface area contributed by atoms with E-state index in [2.05, 4.69) is 24.4 Å². The Morgan fingerprint density at radius 3 is 2.62 bits per heavy atom. The molecule has 1 fully saturated rings. The molecule has 1 heterocycles. The molecule has 0 bridgehead atoms. The van der Waals surface area contributed by atoms with Crippen molar-refractivity contribution in [3.8, 4) is 0 Å². The van der Waals surface area contributed by atoms with Crippen molar-refractivity contribution in [3.05, 3.63) is 65.2 Å². The number of hydrogen-bond donors (Lipinski definition) is 1. The Labute approximate surface area is 155 Å². The quantitative estimate of drug-likeness (QED) is 0.866. The van der Waals surface area contributed by atoms with E-state index in [-0.39, 0.29) is 11.8 Å². The predicted molar refractivity (Wildman–Crippen MR) is 104 cm³/mol. The Morgan fingerprint density at radius 2 is 1.88 bits per heavy atom. The summed E-state index contributed by atoms with van der Waals surface area (Å²) >= 11 is 0. The summed E-state index contributed by atoms with van der Waals surface area (Å²) in [7, 11) is 0. The predicted octanol–water partition coefficient (Wildman–Crippen LogP) is 3.55. The Balaban J connectivity index is 1.50. The molecule has 0 radical (unpaired) electrons. The molecule has 26 heavy (non-hydrogen) atoms. The van der Waals surface area contributed by atoms with E-state index in [1.54, 1.807) is 4.90 Å². The van der Waals surface area contributed by atoms with Crippen molar-refractivity contribution in [1.29, 1.82) is 0 Å². The van der Waals surface area contributed by atoms with E-state index in [1.807, 2.05) is 43.3 Å². The Bertz CT molecular complexity index is 786. The van der Waals surface area contributed by atoms with E-state index in [0.717, 1.165) is 18.5 Å². The highest BCUT2D eigenvalue weighted by molar-refractivity contribution is 6.01. The number of carbonyl (C=O) groups excluding carboxylic acids is 2. The highest BCUT2D eigenvalue weighted by Gasteiger charge is 2.33. The molecule has 0 spiro atoms. The number of nitrogens with one attached hydrogen (secondary N) is 1. The maximum absolute atomic E-state index is 12.6. The molecule has 1 atom stereocenters. The summed E-state index contributed by atoms with van der Waals surface area (Å²) in [6, 6.07) is 15.8. The van der Waals surface area contributed by atoms with Gasteiger partial charge >= 0.3 is 0 Å². The average molecular weight is 350 g/mol. The average Bonchev–Trinajstić information content (AvgIpc) is 2.99. The lowest BCUT2D eigenvalue weighted by Crippen LogP contribution is -2.41. The van der Waals surface area contributed by atoms with Crippen LogP contribution in [-0.2, 0) is 16.0 Å². The Morgan fingerprint density at radius 1 is 1.12 bits per heavy atom. The zero-order valence-electron chi connectivity index (χ0n) is 15.5. The summed E-state index contributed by atoms with van der Waals surface area (Å²) in [4.78, 5) is 26.6. The second-order valence-corrected chi connectivity index (χ2v) is 7.01. The van der Waals surface area contributed by atoms with Gasteiger partial charge in [-0.3, -0.25) is 9.59 Å². The van der Waals surface area contributed by atoms with Crippen LogP contribution in [0.5, 0.6) is 0 Å². The van der Waals surface area contributed by atoms with Crippen molar-refractivity contribution in [2.45, 2.75) is 45.6 Å². The fraction of sp³-hybridized carbons (Fsp3) is 0.364. The minimum absolute atomic E-state index is 0.00957. The molecule has 0 aromatic heterocycles. The van der Waals surface area contributed by atoms with Gasteiger partial charge < -0.3 is 10.2 Å². The summed E-state index contributed by atoms with van der Waals surface area (Å²) in [5.41, 5.74) is 4.53. The van der Waals surface area contributed by atoms with Crippen LogP contribution in [0, 0.1) is 13.8 Å². The first kappa shape index (κ1) is 18.2. The fourth-order valence-electron chi connectivity index (χ4n) is 3.33. The molecule has 1 aliphatic heterocycles. The molecule has 4 nitrogen and oxygen atoms in total. The first-order valence-electron chi connectivity index (χ1n) is 9.26. The second-order valence-electron chi connectivity index (χ2n) is 7.01. The third-order valence-corrected chi connectivity index (χ3v) is 5.06. The summed E-state index contributed by atoms with van der Waals surface area (Å²) < 4.78 is 0. The lowest BCUT2D eigenvalue weighted by Gasteiger charge is -2.18. The lowest BCUT2D eigenvalue weighted by atomic mass is 10.1. The van der Waals surface area contributed by atoms with Crippen molar-refractivity contribution in [3.63, 3.8) is 0 Å². The van der Waals surface area contributed by atoms with Crippen LogP contribution in [0.25, 0.3) is 0 Å². The SMILES string of the molecule is Cc1ccc(N2CCC(NC(=O)CCCc3ccccc3)C2=O)cc1C. The largest absolute Gasteiger partial charge is 0.344 e. The van der Waals surface area contributed by atoms with Crippen molar-refractivity contribution in [1.82, 2.24) is 5.32 Å². The van der Waals surface area contributed by atoms with Crippen molar-refractivity contribution >= 4 is 17.5 Å². The Hall–Kier alpha value is -2.62. The van der Waals surface area contributed by atoms with Crippen molar-refractivity contribution in [2.24, 2.45) is 0 Å². The molecule has 4 heteroatoms. The van der Waals surface area contributed by atoms with Crippen LogP contribution in [0.1, 0.15) is 36.0 Å². The number of hydrogen-bond acceptors (Lipinski definition) is 2. The van der Waals surface area contributed by atoms with Gasteiger partial charge in [0, 0.05) is 18.7 Å². The molecule has 1 N–H and O–H groups in total. The van der Waals surface area contributed by atoms with Crippen LogP contribution in [-0.4, -0.2) is 24.4 Å². The number of amides is 2. The molecule has 2 amide bonds. The van der Waals surface area contributed by atoms with Gasteiger partial charge in [-0.25, -0.2) is 0 Å². The lowest BCUT2D eigenvalue weighted by molar-refractivity contribution is -0.126. The van der Waals surface area contributed by atoms with E-state index in [1.165, 1.54) is 16.7 Å². The normalized spacial score (nSPS) is 16.8. The highest BCUT2D eigenvalue weighted by Crippen LogP contribution is 2.24. The van der Waals surface area contributed by atoms with E-state index in [0.29, 0.717) is 19.4 Å². The topological polar surface area (TPSA) is 49.4 Å². The molecule has 0 saturated carbocycles. The number of benzene rings is 2. The van der Waals surface area contributed by atoms with Crippen LogP contribution in [0.4, 0.5) is 5.69 Å². The molecule has 3 rings (SSSR count). The van der Waals surface area contributed by atoms with E-state index >= 15 is 0 Å². The van der Waals surface area contributed by atoms with Gasteiger partial charge in [-0.15, -0.1) is 0 Å². The molecule has 136 valence electrons. The second kappa shape index (κ2) is 8.17. The highest BCUT2D eigenvalue weighted by atomic mass is 16.2. The van der Waals surface area contributed by atoms with Crippen LogP contribution in [0.15, 0.2) is 48.5 Å². The maximum Gasteiger partial charge on any atom is 0.249 e. The summed E-state index contributed by atoms with van der Waals surface area (Å²) in [6.45, 7) is 4.76. The standard InChI is InChI=1S/C22H26N2O2/c1-16-11-12-19(15-17(16)2)24-14-13-20(22(24)26)23-21(25)10-6-9-18-7-4-3-5-8-18/h3-5,7-8,11-12,15,20H,6,9-10,13-14H2,1-2H3,(H,23,25). The molecule has 2 aromatic rings. The van der Waals surface area contributed by atoms with Crippen molar-refractivity contribution in [2.75, 3.05) is 11.4 Å². The molecule has 1 saturated heterocycles. The summed E-state index contributed by atoms with van der Waals surface area (Å²) in [6.07, 6.45) is 2.78. The molecule has 1 aliphatic rings. The first-order chi connectivity index (χ1) is 12.5. The molecule has 1 unspecified atom stereocenters. The van der Waals surface area contributed by atoms with Gasteiger partial charge in [-0.2, -0.15) is 0 Å². The third kappa shape index (κ3) is 4.31. The molecule has 0 aliphatic carbocycles. The molecule has 2 aromatic carbocycles. The zero-order chi connectivity index (χ0) is 18.5. The van der Waals surface area contributed by atoms with Gasteiger partial charge in [0.1, 0.15) is 6.04 Å². The number of carbonyl (C=O) groups is 2. The first-order valence-corrected chi connectivity index (χ1v) is 9.26. The van der Waals surface area contributed by atoms with Gasteiger partial charge in [-0.05, 0) is 61.9 Å². The number of nitrogens with zero attached hydrogens (tertiary/aromatic N) is 1. The number of rotatable bonds is 6. The van der Waals surface area contributed by atoms with Gasteiger partial charge in [0.15, 0.2) is 0 Å². The van der Waals surface area contributed by atoms with Gasteiger partial charge in [0.25, 0.3) is 0 Å². The zero-order valence-corrected chi connectivity index (χ0v) is 15.5. The van der Waals surface area contributed by atoms with E-state index in [9.17, 15) is 9.59 Å². The van der Waals surface area contributed by atoms with Gasteiger partial charge in [0.05, 0.1) is 0 Å². The van der Waals surface area contributed by atoms with Gasteiger partial charge in [0.2, 0.25) is 11.8 Å². The Kier molecular flexibility index (Phi) is 5.71. The van der Waals surface area contributed by atoms with E-state index in [4.69, 9.17) is 0 Å². The maximum atomic E-state index is 12.6. The third-order valence-electron chi connectivity index (χ3n) is 5.06. The van der Waals surface area contributed by atoms with Crippen LogP contribution in [0.3, 0.4) is 0 Å². The smallest absolute Gasteiger partial charge is 0.249 e. The molecular weight excluding hydrogens is 324 g/mol. The minimum Gasteiger partial charge on any atom is -0.344 e. The van der Waals surface area contributed by atoms with E-state index < -0.39 is 6.04 Å². The van der Waals surface area contributed by atoms with Crippen LogP contribution >= 0.6 is 0 Å². The van der Waals surface area contributed by atoms with Gasteiger partial charge in [-0.1, -0.05) is 36.4 Å². The number of aryl methyl sites for hydroxylation is 3. The summed E-state index contributed by atoms with van der Waals surface area (Å²) in [5.74, 6) is -0.0501.